The standard InChI is InChI=1S/C17H27NO2/c1-17(2,3)10-14(19)12-18-11-13-8-9-20-16-7-5-4-6-15(13)16/h4-7,13-14,18-19H,8-12H2,1-3H3. The Kier molecular flexibility index (Phi) is 5.06. The molecule has 2 unspecified atom stereocenters. The van der Waals surface area contributed by atoms with E-state index in [1.807, 2.05) is 12.1 Å². The van der Waals surface area contributed by atoms with Crippen LogP contribution in [-0.2, 0) is 0 Å². The molecule has 0 amide bonds. The Labute approximate surface area is 122 Å². The van der Waals surface area contributed by atoms with Gasteiger partial charge in [0.15, 0.2) is 0 Å². The fraction of sp³-hybridized carbons (Fsp3) is 0.647. The van der Waals surface area contributed by atoms with Gasteiger partial charge in [-0.25, -0.2) is 0 Å². The molecule has 0 saturated heterocycles. The molecular formula is C17H27NO2. The van der Waals surface area contributed by atoms with E-state index in [0.29, 0.717) is 12.5 Å². The molecule has 0 radical (unpaired) electrons. The molecule has 2 atom stereocenters. The first-order chi connectivity index (χ1) is 9.46. The third-order valence-electron chi connectivity index (χ3n) is 3.70. The summed E-state index contributed by atoms with van der Waals surface area (Å²) in [6.45, 7) is 8.83. The molecule has 3 heteroatoms. The highest BCUT2D eigenvalue weighted by atomic mass is 16.5. The zero-order valence-corrected chi connectivity index (χ0v) is 12.9. The summed E-state index contributed by atoms with van der Waals surface area (Å²) in [7, 11) is 0. The normalized spacial score (nSPS) is 20.1. The molecule has 20 heavy (non-hydrogen) atoms. The highest BCUT2D eigenvalue weighted by Gasteiger charge is 2.21. The number of rotatable bonds is 5. The van der Waals surface area contributed by atoms with E-state index in [1.54, 1.807) is 0 Å². The van der Waals surface area contributed by atoms with E-state index in [4.69, 9.17) is 4.74 Å². The van der Waals surface area contributed by atoms with Gasteiger partial charge in [0.2, 0.25) is 0 Å². The van der Waals surface area contributed by atoms with Gasteiger partial charge in [-0.05, 0) is 29.9 Å². The average molecular weight is 277 g/mol. The van der Waals surface area contributed by atoms with Crippen molar-refractivity contribution in [3.8, 4) is 5.75 Å². The van der Waals surface area contributed by atoms with Gasteiger partial charge in [-0.2, -0.15) is 0 Å². The summed E-state index contributed by atoms with van der Waals surface area (Å²) in [5.41, 5.74) is 1.46. The topological polar surface area (TPSA) is 41.5 Å². The Bertz CT molecular complexity index is 425. The van der Waals surface area contributed by atoms with Gasteiger partial charge in [0.05, 0.1) is 12.7 Å². The van der Waals surface area contributed by atoms with E-state index in [-0.39, 0.29) is 11.5 Å². The van der Waals surface area contributed by atoms with Crippen molar-refractivity contribution in [2.45, 2.75) is 45.6 Å². The summed E-state index contributed by atoms with van der Waals surface area (Å²) in [6, 6.07) is 8.26. The summed E-state index contributed by atoms with van der Waals surface area (Å²) < 4.78 is 5.67. The van der Waals surface area contributed by atoms with Crippen molar-refractivity contribution < 1.29 is 9.84 Å². The van der Waals surface area contributed by atoms with Crippen LogP contribution in [0.1, 0.15) is 45.1 Å². The molecule has 0 fully saturated rings. The highest BCUT2D eigenvalue weighted by molar-refractivity contribution is 5.37. The number of nitrogens with one attached hydrogen (secondary N) is 1. The lowest BCUT2D eigenvalue weighted by Gasteiger charge is -2.27. The maximum absolute atomic E-state index is 10.0. The number of fused-ring (bicyclic) bond motifs is 1. The molecule has 0 spiro atoms. The van der Waals surface area contributed by atoms with Crippen LogP contribution in [0, 0.1) is 5.41 Å². The van der Waals surface area contributed by atoms with Gasteiger partial charge in [0.1, 0.15) is 5.75 Å². The van der Waals surface area contributed by atoms with E-state index in [9.17, 15) is 5.11 Å². The zero-order chi connectivity index (χ0) is 14.6. The molecule has 1 aliphatic rings. The third-order valence-corrected chi connectivity index (χ3v) is 3.70. The summed E-state index contributed by atoms with van der Waals surface area (Å²) in [5.74, 6) is 1.50. The number of aliphatic hydroxyl groups excluding tert-OH is 1. The number of para-hydroxylation sites is 1. The fourth-order valence-corrected chi connectivity index (χ4v) is 2.83. The third kappa shape index (κ3) is 4.50. The smallest absolute Gasteiger partial charge is 0.122 e. The molecule has 1 aliphatic heterocycles. The van der Waals surface area contributed by atoms with Gasteiger partial charge in [-0.15, -0.1) is 0 Å². The van der Waals surface area contributed by atoms with Crippen LogP contribution in [0.15, 0.2) is 24.3 Å². The van der Waals surface area contributed by atoms with Crippen molar-refractivity contribution >= 4 is 0 Å². The first kappa shape index (κ1) is 15.3. The molecule has 1 aromatic carbocycles. The molecule has 0 aliphatic carbocycles. The monoisotopic (exact) mass is 277 g/mol. The summed E-state index contributed by atoms with van der Waals surface area (Å²) in [6.07, 6.45) is 1.59. The van der Waals surface area contributed by atoms with Crippen molar-refractivity contribution in [1.82, 2.24) is 5.32 Å². The van der Waals surface area contributed by atoms with Crippen molar-refractivity contribution in [2.75, 3.05) is 19.7 Å². The number of aliphatic hydroxyl groups is 1. The second kappa shape index (κ2) is 6.59. The molecule has 0 aromatic heterocycles. The Morgan fingerprint density at radius 3 is 2.85 bits per heavy atom. The van der Waals surface area contributed by atoms with Crippen LogP contribution >= 0.6 is 0 Å². The molecule has 3 nitrogen and oxygen atoms in total. The van der Waals surface area contributed by atoms with E-state index in [2.05, 4.69) is 38.2 Å². The van der Waals surface area contributed by atoms with E-state index < -0.39 is 0 Å². The van der Waals surface area contributed by atoms with E-state index >= 15 is 0 Å². The van der Waals surface area contributed by atoms with Crippen LogP contribution in [0.5, 0.6) is 5.75 Å². The number of benzene rings is 1. The summed E-state index contributed by atoms with van der Waals surface area (Å²) in [4.78, 5) is 0. The second-order valence-electron chi connectivity index (χ2n) is 6.95. The lowest BCUT2D eigenvalue weighted by atomic mass is 9.89. The Balaban J connectivity index is 1.81. The molecule has 2 rings (SSSR count). The van der Waals surface area contributed by atoms with E-state index in [0.717, 1.165) is 31.7 Å². The Hall–Kier alpha value is -1.06. The molecule has 1 heterocycles. The van der Waals surface area contributed by atoms with E-state index in [1.165, 1.54) is 5.56 Å². The zero-order valence-electron chi connectivity index (χ0n) is 12.9. The van der Waals surface area contributed by atoms with Gasteiger partial charge >= 0.3 is 0 Å². The van der Waals surface area contributed by atoms with Gasteiger partial charge in [-0.1, -0.05) is 39.0 Å². The van der Waals surface area contributed by atoms with Crippen LogP contribution in [0.3, 0.4) is 0 Å². The molecule has 112 valence electrons. The number of hydrogen-bond acceptors (Lipinski definition) is 3. The molecule has 2 N–H and O–H groups in total. The Morgan fingerprint density at radius 2 is 2.10 bits per heavy atom. The summed E-state index contributed by atoms with van der Waals surface area (Å²) in [5, 5.41) is 13.4. The van der Waals surface area contributed by atoms with Crippen LogP contribution in [0.4, 0.5) is 0 Å². The highest BCUT2D eigenvalue weighted by Crippen LogP contribution is 2.32. The first-order valence-corrected chi connectivity index (χ1v) is 7.56. The molecular weight excluding hydrogens is 250 g/mol. The minimum atomic E-state index is -0.273. The summed E-state index contributed by atoms with van der Waals surface area (Å²) >= 11 is 0. The largest absolute Gasteiger partial charge is 0.493 e. The molecule has 0 saturated carbocycles. The minimum absolute atomic E-state index is 0.173. The van der Waals surface area contributed by atoms with Gasteiger partial charge in [0, 0.05) is 19.0 Å². The molecule has 0 bridgehead atoms. The fourth-order valence-electron chi connectivity index (χ4n) is 2.83. The molecule has 1 aromatic rings. The lowest BCUT2D eigenvalue weighted by molar-refractivity contribution is 0.119. The average Bonchev–Trinajstić information content (AvgIpc) is 2.37. The van der Waals surface area contributed by atoms with Crippen LogP contribution in [0.2, 0.25) is 0 Å². The van der Waals surface area contributed by atoms with Crippen LogP contribution < -0.4 is 10.1 Å². The maximum Gasteiger partial charge on any atom is 0.122 e. The van der Waals surface area contributed by atoms with Crippen LogP contribution in [-0.4, -0.2) is 30.9 Å². The predicted molar refractivity (Wildman–Crippen MR) is 82.2 cm³/mol. The van der Waals surface area contributed by atoms with Gasteiger partial charge in [-0.3, -0.25) is 0 Å². The van der Waals surface area contributed by atoms with Crippen molar-refractivity contribution in [3.63, 3.8) is 0 Å². The van der Waals surface area contributed by atoms with Crippen molar-refractivity contribution in [2.24, 2.45) is 5.41 Å². The second-order valence-corrected chi connectivity index (χ2v) is 6.95. The van der Waals surface area contributed by atoms with Gasteiger partial charge < -0.3 is 15.2 Å². The van der Waals surface area contributed by atoms with Crippen molar-refractivity contribution in [3.05, 3.63) is 29.8 Å². The first-order valence-electron chi connectivity index (χ1n) is 7.56. The quantitative estimate of drug-likeness (QED) is 0.869. The van der Waals surface area contributed by atoms with Crippen molar-refractivity contribution in [1.29, 1.82) is 0 Å². The lowest BCUT2D eigenvalue weighted by Crippen LogP contribution is -2.33. The SMILES string of the molecule is CC(C)(C)CC(O)CNCC1CCOc2ccccc21. The Morgan fingerprint density at radius 1 is 1.35 bits per heavy atom. The number of hydrogen-bond donors (Lipinski definition) is 2. The number of ether oxygens (including phenoxy) is 1. The maximum atomic E-state index is 10.0. The van der Waals surface area contributed by atoms with Crippen LogP contribution in [0.25, 0.3) is 0 Å². The van der Waals surface area contributed by atoms with Gasteiger partial charge in [0.25, 0.3) is 0 Å². The predicted octanol–water partition coefficient (Wildman–Crippen LogP) is 2.94. The minimum Gasteiger partial charge on any atom is -0.493 e.